The molecule has 2 aromatic rings. The highest BCUT2D eigenvalue weighted by atomic mass is 32.2. The van der Waals surface area contributed by atoms with Crippen molar-refractivity contribution in [2.45, 2.75) is 18.2 Å². The smallest absolute Gasteiger partial charge is 0.257 e. The van der Waals surface area contributed by atoms with E-state index in [1.807, 2.05) is 19.1 Å². The molecule has 0 unspecified atom stereocenters. The Morgan fingerprint density at radius 3 is 2.60 bits per heavy atom. The zero-order chi connectivity index (χ0) is 14.5. The van der Waals surface area contributed by atoms with Crippen LogP contribution < -0.4 is 5.32 Å². The number of thioether (sulfide) groups is 1. The molecule has 0 spiro atoms. The lowest BCUT2D eigenvalue weighted by atomic mass is 10.1. The van der Waals surface area contributed by atoms with Crippen molar-refractivity contribution >= 4 is 39.9 Å². The van der Waals surface area contributed by atoms with Crippen LogP contribution in [0.2, 0.25) is 0 Å². The highest BCUT2D eigenvalue weighted by Gasteiger charge is 2.10. The van der Waals surface area contributed by atoms with Crippen molar-refractivity contribution in [3.05, 3.63) is 35.4 Å². The molecule has 5 nitrogen and oxygen atoms in total. The Labute approximate surface area is 124 Å². The number of aryl methyl sites for hydroxylation is 1. The molecule has 0 aliphatic heterocycles. The van der Waals surface area contributed by atoms with Crippen molar-refractivity contribution in [3.8, 4) is 0 Å². The van der Waals surface area contributed by atoms with Gasteiger partial charge in [-0.15, -0.1) is 10.2 Å². The summed E-state index contributed by atoms with van der Waals surface area (Å²) in [6.07, 6.45) is 0. The Bertz CT molecular complexity index is 623. The van der Waals surface area contributed by atoms with E-state index in [4.69, 9.17) is 0 Å². The predicted octanol–water partition coefficient (Wildman–Crippen LogP) is 2.78. The Morgan fingerprint density at radius 2 is 1.95 bits per heavy atom. The number of benzene rings is 1. The van der Waals surface area contributed by atoms with Gasteiger partial charge in [0.1, 0.15) is 5.78 Å². The zero-order valence-corrected chi connectivity index (χ0v) is 12.7. The summed E-state index contributed by atoms with van der Waals surface area (Å²) in [6, 6.07) is 7.28. The molecular formula is C13H13N3O2S2. The second kappa shape index (κ2) is 6.62. The lowest BCUT2D eigenvalue weighted by Gasteiger charge is -2.01. The number of rotatable bonds is 5. The van der Waals surface area contributed by atoms with Gasteiger partial charge < -0.3 is 0 Å². The summed E-state index contributed by atoms with van der Waals surface area (Å²) in [4.78, 5) is 22.8. The molecule has 0 aliphatic carbocycles. The van der Waals surface area contributed by atoms with Gasteiger partial charge in [0.2, 0.25) is 5.13 Å². The van der Waals surface area contributed by atoms with E-state index in [1.54, 1.807) is 12.1 Å². The summed E-state index contributed by atoms with van der Waals surface area (Å²) >= 11 is 2.58. The van der Waals surface area contributed by atoms with Crippen LogP contribution in [0.3, 0.4) is 0 Å². The maximum atomic E-state index is 12.0. The number of amides is 1. The minimum absolute atomic E-state index is 0.0791. The van der Waals surface area contributed by atoms with Gasteiger partial charge in [0, 0.05) is 5.56 Å². The molecule has 0 aliphatic rings. The van der Waals surface area contributed by atoms with E-state index in [-0.39, 0.29) is 11.7 Å². The fourth-order valence-corrected chi connectivity index (χ4v) is 2.90. The standard InChI is InChI=1S/C13H13N3O2S2/c1-8-3-5-10(6-4-8)11(18)14-12-15-16-13(20-12)19-7-9(2)17/h3-6H,7H2,1-2H3,(H,14,15,18). The van der Waals surface area contributed by atoms with Crippen LogP contribution >= 0.6 is 23.1 Å². The van der Waals surface area contributed by atoms with Crippen molar-refractivity contribution in [1.29, 1.82) is 0 Å². The highest BCUT2D eigenvalue weighted by Crippen LogP contribution is 2.25. The van der Waals surface area contributed by atoms with Crippen LogP contribution in [0.25, 0.3) is 0 Å². The molecule has 7 heteroatoms. The molecule has 1 amide bonds. The van der Waals surface area contributed by atoms with Gasteiger partial charge in [0.25, 0.3) is 5.91 Å². The van der Waals surface area contributed by atoms with Gasteiger partial charge in [-0.3, -0.25) is 14.9 Å². The Balaban J connectivity index is 1.97. The third-order valence-corrected chi connectivity index (χ3v) is 4.46. The average molecular weight is 307 g/mol. The number of aromatic nitrogens is 2. The van der Waals surface area contributed by atoms with E-state index in [0.717, 1.165) is 5.56 Å². The summed E-state index contributed by atoms with van der Waals surface area (Å²) in [7, 11) is 0. The summed E-state index contributed by atoms with van der Waals surface area (Å²) in [5.41, 5.74) is 1.67. The molecule has 0 radical (unpaired) electrons. The number of hydrogen-bond acceptors (Lipinski definition) is 6. The van der Waals surface area contributed by atoms with Crippen molar-refractivity contribution < 1.29 is 9.59 Å². The van der Waals surface area contributed by atoms with Gasteiger partial charge in [0.05, 0.1) is 5.75 Å². The van der Waals surface area contributed by atoms with Crippen LogP contribution in [0.15, 0.2) is 28.6 Å². The maximum absolute atomic E-state index is 12.0. The van der Waals surface area contributed by atoms with Crippen molar-refractivity contribution in [2.75, 3.05) is 11.1 Å². The van der Waals surface area contributed by atoms with E-state index < -0.39 is 0 Å². The van der Waals surface area contributed by atoms with E-state index in [0.29, 0.717) is 20.8 Å². The molecule has 104 valence electrons. The molecule has 20 heavy (non-hydrogen) atoms. The number of Topliss-reactive ketones (excluding diaryl/α,β-unsaturated/α-hetero) is 1. The van der Waals surface area contributed by atoms with E-state index in [1.165, 1.54) is 30.0 Å². The van der Waals surface area contributed by atoms with Gasteiger partial charge in [-0.05, 0) is 26.0 Å². The van der Waals surface area contributed by atoms with Crippen LogP contribution in [0.5, 0.6) is 0 Å². The maximum Gasteiger partial charge on any atom is 0.257 e. The van der Waals surface area contributed by atoms with Gasteiger partial charge >= 0.3 is 0 Å². The summed E-state index contributed by atoms with van der Waals surface area (Å²) in [5, 5.41) is 10.9. The SMILES string of the molecule is CC(=O)CSc1nnc(NC(=O)c2ccc(C)cc2)s1. The van der Waals surface area contributed by atoms with Gasteiger partial charge in [-0.2, -0.15) is 0 Å². The van der Waals surface area contributed by atoms with Crippen LogP contribution in [0.1, 0.15) is 22.8 Å². The average Bonchev–Trinajstić information content (AvgIpc) is 2.84. The molecule has 1 aromatic carbocycles. The first-order chi connectivity index (χ1) is 9.54. The van der Waals surface area contributed by atoms with Crippen molar-refractivity contribution in [2.24, 2.45) is 0 Å². The van der Waals surface area contributed by atoms with Crippen LogP contribution in [-0.2, 0) is 4.79 Å². The van der Waals surface area contributed by atoms with Crippen molar-refractivity contribution in [1.82, 2.24) is 10.2 Å². The van der Waals surface area contributed by atoms with E-state index in [9.17, 15) is 9.59 Å². The fraction of sp³-hybridized carbons (Fsp3) is 0.231. The first-order valence-electron chi connectivity index (χ1n) is 5.88. The molecule has 0 saturated carbocycles. The summed E-state index contributed by atoms with van der Waals surface area (Å²) < 4.78 is 0.666. The monoisotopic (exact) mass is 307 g/mol. The van der Waals surface area contributed by atoms with Gasteiger partial charge in [-0.25, -0.2) is 0 Å². The normalized spacial score (nSPS) is 10.3. The minimum atomic E-state index is -0.218. The highest BCUT2D eigenvalue weighted by molar-refractivity contribution is 8.01. The first kappa shape index (κ1) is 14.7. The largest absolute Gasteiger partial charge is 0.299 e. The third-order valence-electron chi connectivity index (χ3n) is 2.34. The second-order valence-corrected chi connectivity index (χ2v) is 6.38. The van der Waals surface area contributed by atoms with Crippen LogP contribution in [0.4, 0.5) is 5.13 Å². The molecule has 0 fully saturated rings. The second-order valence-electron chi connectivity index (χ2n) is 4.18. The summed E-state index contributed by atoms with van der Waals surface area (Å²) in [6.45, 7) is 3.49. The fourth-order valence-electron chi connectivity index (χ4n) is 1.36. The van der Waals surface area contributed by atoms with Crippen LogP contribution in [0, 0.1) is 6.92 Å². The number of nitrogens with one attached hydrogen (secondary N) is 1. The molecule has 0 bridgehead atoms. The minimum Gasteiger partial charge on any atom is -0.299 e. The van der Waals surface area contributed by atoms with E-state index in [2.05, 4.69) is 15.5 Å². The number of carbonyl (C=O) groups is 2. The lowest BCUT2D eigenvalue weighted by Crippen LogP contribution is -2.11. The first-order valence-corrected chi connectivity index (χ1v) is 7.68. The summed E-state index contributed by atoms with van der Waals surface area (Å²) in [5.74, 6) is 0.222. The Kier molecular flexibility index (Phi) is 4.86. The Morgan fingerprint density at radius 1 is 1.25 bits per heavy atom. The number of carbonyl (C=O) groups excluding carboxylic acids is 2. The molecule has 0 saturated heterocycles. The number of hydrogen-bond donors (Lipinski definition) is 1. The lowest BCUT2D eigenvalue weighted by molar-refractivity contribution is -0.114. The molecule has 2 rings (SSSR count). The molecular weight excluding hydrogens is 294 g/mol. The predicted molar refractivity (Wildman–Crippen MR) is 80.4 cm³/mol. The van der Waals surface area contributed by atoms with Gasteiger partial charge in [-0.1, -0.05) is 40.8 Å². The molecule has 1 heterocycles. The Hall–Kier alpha value is -1.73. The molecule has 1 aromatic heterocycles. The number of nitrogens with zero attached hydrogens (tertiary/aromatic N) is 2. The van der Waals surface area contributed by atoms with Crippen LogP contribution in [-0.4, -0.2) is 27.6 Å². The number of ketones is 1. The van der Waals surface area contributed by atoms with E-state index >= 15 is 0 Å². The molecule has 1 N–H and O–H groups in total. The zero-order valence-electron chi connectivity index (χ0n) is 11.0. The van der Waals surface area contributed by atoms with Crippen molar-refractivity contribution in [3.63, 3.8) is 0 Å². The topological polar surface area (TPSA) is 72.0 Å². The van der Waals surface area contributed by atoms with Gasteiger partial charge in [0.15, 0.2) is 4.34 Å². The third kappa shape index (κ3) is 4.14. The number of anilines is 1. The molecule has 0 atom stereocenters. The quantitative estimate of drug-likeness (QED) is 0.679.